The molecule has 0 aromatic heterocycles. The fourth-order valence-corrected chi connectivity index (χ4v) is 3.15. The first kappa shape index (κ1) is 13.5. The summed E-state index contributed by atoms with van der Waals surface area (Å²) in [6.45, 7) is 1.47. The van der Waals surface area contributed by atoms with Crippen molar-refractivity contribution >= 4 is 21.7 Å². The molecule has 5 nitrogen and oxygen atoms in total. The zero-order valence-electron chi connectivity index (χ0n) is 11.1. The quantitative estimate of drug-likeness (QED) is 0.798. The van der Waals surface area contributed by atoms with Gasteiger partial charge < -0.3 is 4.74 Å². The Bertz CT molecular complexity index is 851. The maximum atomic E-state index is 11.9. The molecular weight excluding hydrogens is 290 g/mol. The number of benzene rings is 2. The van der Waals surface area contributed by atoms with Crippen LogP contribution in [0.15, 0.2) is 57.8 Å². The molecule has 0 unspecified atom stereocenters. The summed E-state index contributed by atoms with van der Waals surface area (Å²) in [6, 6.07) is 12.9. The lowest BCUT2D eigenvalue weighted by atomic mass is 10.1. The standard InChI is InChI=1S/C15H11NO4S/c1-10(17)11-6-8-12(9-7-11)20-15-13-4-2-3-5-14(13)21(18,19)16-15/h2-9H,1H3. The fraction of sp³-hybridized carbons (Fsp3) is 0.0667. The second kappa shape index (κ2) is 4.82. The van der Waals surface area contributed by atoms with Crippen LogP contribution in [-0.4, -0.2) is 20.1 Å². The minimum atomic E-state index is -3.69. The van der Waals surface area contributed by atoms with Crippen molar-refractivity contribution in [3.05, 3.63) is 59.7 Å². The van der Waals surface area contributed by atoms with Gasteiger partial charge in [0, 0.05) is 5.56 Å². The maximum Gasteiger partial charge on any atom is 0.286 e. The van der Waals surface area contributed by atoms with Gasteiger partial charge in [-0.05, 0) is 43.3 Å². The second-order valence-electron chi connectivity index (χ2n) is 4.55. The number of Topliss-reactive ketones (excluding diaryl/α,β-unsaturated/α-hetero) is 1. The first-order valence-corrected chi connectivity index (χ1v) is 7.64. The van der Waals surface area contributed by atoms with E-state index in [-0.39, 0.29) is 16.6 Å². The Balaban J connectivity index is 1.94. The molecule has 6 heteroatoms. The van der Waals surface area contributed by atoms with Crippen LogP contribution in [0.25, 0.3) is 0 Å². The van der Waals surface area contributed by atoms with E-state index in [0.29, 0.717) is 16.9 Å². The number of ether oxygens (including phenoxy) is 1. The molecule has 0 atom stereocenters. The monoisotopic (exact) mass is 301 g/mol. The van der Waals surface area contributed by atoms with Crippen molar-refractivity contribution in [1.29, 1.82) is 0 Å². The van der Waals surface area contributed by atoms with Crippen LogP contribution >= 0.6 is 0 Å². The van der Waals surface area contributed by atoms with Crippen LogP contribution in [-0.2, 0) is 10.0 Å². The minimum absolute atomic E-state index is 0.0428. The SMILES string of the molecule is CC(=O)c1ccc(OC2=NS(=O)(=O)c3ccccc32)cc1. The smallest absolute Gasteiger partial charge is 0.286 e. The van der Waals surface area contributed by atoms with Gasteiger partial charge in [-0.15, -0.1) is 4.40 Å². The number of nitrogens with zero attached hydrogens (tertiary/aromatic N) is 1. The Hall–Kier alpha value is -2.47. The normalized spacial score (nSPS) is 15.2. The first-order valence-electron chi connectivity index (χ1n) is 6.20. The molecule has 2 aromatic carbocycles. The predicted octanol–water partition coefficient (Wildman–Crippen LogP) is 2.42. The average Bonchev–Trinajstić information content (AvgIpc) is 2.71. The predicted molar refractivity (Wildman–Crippen MR) is 77.2 cm³/mol. The van der Waals surface area contributed by atoms with Crippen LogP contribution in [0, 0.1) is 0 Å². The molecule has 0 bridgehead atoms. The van der Waals surface area contributed by atoms with E-state index in [1.54, 1.807) is 42.5 Å². The summed E-state index contributed by atoms with van der Waals surface area (Å²) in [6.07, 6.45) is 0. The zero-order chi connectivity index (χ0) is 15.0. The second-order valence-corrected chi connectivity index (χ2v) is 6.12. The molecule has 3 rings (SSSR count). The van der Waals surface area contributed by atoms with Crippen molar-refractivity contribution < 1.29 is 17.9 Å². The number of hydrogen-bond acceptors (Lipinski definition) is 4. The van der Waals surface area contributed by atoms with Gasteiger partial charge in [-0.1, -0.05) is 12.1 Å². The molecule has 0 N–H and O–H groups in total. The van der Waals surface area contributed by atoms with Gasteiger partial charge in [-0.2, -0.15) is 8.42 Å². The summed E-state index contributed by atoms with van der Waals surface area (Å²) in [7, 11) is -3.69. The third kappa shape index (κ3) is 2.45. The lowest BCUT2D eigenvalue weighted by molar-refractivity contribution is 0.101. The van der Waals surface area contributed by atoms with Crippen LogP contribution in [0.4, 0.5) is 0 Å². The van der Waals surface area contributed by atoms with E-state index in [9.17, 15) is 13.2 Å². The van der Waals surface area contributed by atoms with Gasteiger partial charge in [0.2, 0.25) is 5.90 Å². The highest BCUT2D eigenvalue weighted by Crippen LogP contribution is 2.27. The summed E-state index contributed by atoms with van der Waals surface area (Å²) < 4.78 is 32.9. The molecular formula is C15H11NO4S. The first-order chi connectivity index (χ1) is 9.97. The molecule has 0 fully saturated rings. The summed E-state index contributed by atoms with van der Waals surface area (Å²) >= 11 is 0. The van der Waals surface area contributed by atoms with E-state index in [0.717, 1.165) is 0 Å². The summed E-state index contributed by atoms with van der Waals surface area (Å²) in [4.78, 5) is 11.3. The number of fused-ring (bicyclic) bond motifs is 1. The van der Waals surface area contributed by atoms with Crippen molar-refractivity contribution in [3.8, 4) is 5.75 Å². The Morgan fingerprint density at radius 2 is 1.71 bits per heavy atom. The van der Waals surface area contributed by atoms with Crippen molar-refractivity contribution in [3.63, 3.8) is 0 Å². The van der Waals surface area contributed by atoms with Gasteiger partial charge in [0.15, 0.2) is 5.78 Å². The van der Waals surface area contributed by atoms with E-state index < -0.39 is 10.0 Å². The number of sulfonamides is 1. The van der Waals surface area contributed by atoms with Crippen molar-refractivity contribution in [2.75, 3.05) is 0 Å². The van der Waals surface area contributed by atoms with Gasteiger partial charge in [0.05, 0.1) is 5.56 Å². The molecule has 2 aromatic rings. The molecule has 0 radical (unpaired) electrons. The Morgan fingerprint density at radius 3 is 2.38 bits per heavy atom. The van der Waals surface area contributed by atoms with Crippen molar-refractivity contribution in [2.45, 2.75) is 11.8 Å². The minimum Gasteiger partial charge on any atom is -0.438 e. The fourth-order valence-electron chi connectivity index (χ4n) is 2.02. The highest BCUT2D eigenvalue weighted by Gasteiger charge is 2.29. The van der Waals surface area contributed by atoms with Crippen molar-refractivity contribution in [1.82, 2.24) is 0 Å². The Kier molecular flexibility index (Phi) is 3.10. The van der Waals surface area contributed by atoms with E-state index in [1.165, 1.54) is 13.0 Å². The maximum absolute atomic E-state index is 11.9. The molecule has 0 spiro atoms. The lowest BCUT2D eigenvalue weighted by Gasteiger charge is -2.05. The zero-order valence-corrected chi connectivity index (χ0v) is 11.9. The third-order valence-electron chi connectivity index (χ3n) is 3.07. The lowest BCUT2D eigenvalue weighted by Crippen LogP contribution is -2.07. The molecule has 1 heterocycles. The molecule has 1 aliphatic rings. The van der Waals surface area contributed by atoms with E-state index >= 15 is 0 Å². The third-order valence-corrected chi connectivity index (χ3v) is 4.39. The highest BCUT2D eigenvalue weighted by molar-refractivity contribution is 7.90. The van der Waals surface area contributed by atoms with Gasteiger partial charge in [-0.3, -0.25) is 4.79 Å². The van der Waals surface area contributed by atoms with E-state index in [4.69, 9.17) is 4.74 Å². The summed E-state index contributed by atoms with van der Waals surface area (Å²) in [5.41, 5.74) is 0.997. The Morgan fingerprint density at radius 1 is 1.05 bits per heavy atom. The average molecular weight is 301 g/mol. The molecule has 0 amide bonds. The molecule has 106 valence electrons. The van der Waals surface area contributed by atoms with Crippen molar-refractivity contribution in [2.24, 2.45) is 4.40 Å². The van der Waals surface area contributed by atoms with Gasteiger partial charge in [-0.25, -0.2) is 0 Å². The van der Waals surface area contributed by atoms with E-state index in [1.807, 2.05) is 0 Å². The molecule has 21 heavy (non-hydrogen) atoms. The number of hydrogen-bond donors (Lipinski definition) is 0. The number of rotatable bonds is 2. The van der Waals surface area contributed by atoms with Crippen LogP contribution in [0.2, 0.25) is 0 Å². The Labute approximate surface area is 122 Å². The van der Waals surface area contributed by atoms with Gasteiger partial charge in [0.25, 0.3) is 10.0 Å². The molecule has 0 aliphatic carbocycles. The van der Waals surface area contributed by atoms with Crippen LogP contribution < -0.4 is 4.74 Å². The summed E-state index contributed by atoms with van der Waals surface area (Å²) in [5.74, 6) is 0.416. The van der Waals surface area contributed by atoms with E-state index in [2.05, 4.69) is 4.40 Å². The van der Waals surface area contributed by atoms with Crippen LogP contribution in [0.1, 0.15) is 22.8 Å². The number of carbonyl (C=O) groups is 1. The summed E-state index contributed by atoms with van der Waals surface area (Å²) in [5, 5.41) is 0. The largest absolute Gasteiger partial charge is 0.438 e. The molecule has 1 aliphatic heterocycles. The van der Waals surface area contributed by atoms with Gasteiger partial charge >= 0.3 is 0 Å². The van der Waals surface area contributed by atoms with Crippen LogP contribution in [0.5, 0.6) is 5.75 Å². The topological polar surface area (TPSA) is 72.8 Å². The molecule has 0 saturated heterocycles. The number of ketones is 1. The van der Waals surface area contributed by atoms with Crippen LogP contribution in [0.3, 0.4) is 0 Å². The van der Waals surface area contributed by atoms with Gasteiger partial charge in [0.1, 0.15) is 10.6 Å². The highest BCUT2D eigenvalue weighted by atomic mass is 32.2. The molecule has 0 saturated carbocycles. The number of carbonyl (C=O) groups excluding carboxylic acids is 1.